The first kappa shape index (κ1) is 9.03. The summed E-state index contributed by atoms with van der Waals surface area (Å²) in [6.45, 7) is 0. The van der Waals surface area contributed by atoms with Crippen molar-refractivity contribution >= 4 is 11.8 Å². The minimum atomic E-state index is 0.0511. The molecule has 0 spiro atoms. The molecule has 1 rings (SSSR count). The van der Waals surface area contributed by atoms with Gasteiger partial charge >= 0.3 is 0 Å². The lowest BCUT2D eigenvalue weighted by Gasteiger charge is -2.32. The average molecular weight is 170 g/mol. The molecule has 4 nitrogen and oxygen atoms in total. The number of hydrogen-bond donors (Lipinski definition) is 2. The minimum Gasteiger partial charge on any atom is -0.359 e. The number of carbonyl (C=O) groups is 2. The zero-order chi connectivity index (χ0) is 9.14. The summed E-state index contributed by atoms with van der Waals surface area (Å²) >= 11 is 0. The van der Waals surface area contributed by atoms with E-state index in [0.717, 1.165) is 0 Å². The van der Waals surface area contributed by atoms with Crippen molar-refractivity contribution in [2.24, 2.45) is 11.8 Å². The van der Waals surface area contributed by atoms with Gasteiger partial charge in [0.05, 0.1) is 0 Å². The van der Waals surface area contributed by atoms with Crippen molar-refractivity contribution in [1.29, 1.82) is 0 Å². The molecule has 1 aliphatic rings. The first-order valence-electron chi connectivity index (χ1n) is 4.12. The second-order valence-corrected chi connectivity index (χ2v) is 3.09. The maximum atomic E-state index is 11.0. The van der Waals surface area contributed by atoms with E-state index in [0.29, 0.717) is 12.8 Å². The number of carbonyl (C=O) groups excluding carboxylic acids is 2. The van der Waals surface area contributed by atoms with Gasteiger partial charge in [-0.1, -0.05) is 0 Å². The highest BCUT2D eigenvalue weighted by Gasteiger charge is 2.37. The first-order valence-corrected chi connectivity index (χ1v) is 4.12. The van der Waals surface area contributed by atoms with Crippen molar-refractivity contribution in [1.82, 2.24) is 10.6 Å². The summed E-state index contributed by atoms with van der Waals surface area (Å²) in [5, 5.41) is 5.15. The van der Waals surface area contributed by atoms with Gasteiger partial charge < -0.3 is 10.6 Å². The fourth-order valence-corrected chi connectivity index (χ4v) is 1.45. The van der Waals surface area contributed by atoms with E-state index in [4.69, 9.17) is 0 Å². The number of nitrogens with one attached hydrogen (secondary N) is 2. The van der Waals surface area contributed by atoms with E-state index in [1.807, 2.05) is 0 Å². The Bertz CT molecular complexity index is 177. The third-order valence-electron chi connectivity index (χ3n) is 2.37. The molecule has 0 aromatic rings. The molecular formula is C8H14N2O2. The molecule has 0 radical (unpaired) electrons. The van der Waals surface area contributed by atoms with Crippen molar-refractivity contribution in [2.45, 2.75) is 12.8 Å². The Hall–Kier alpha value is -1.06. The molecule has 0 bridgehead atoms. The molecule has 2 N–H and O–H groups in total. The number of amides is 2. The summed E-state index contributed by atoms with van der Waals surface area (Å²) < 4.78 is 0. The minimum absolute atomic E-state index is 0.0511. The topological polar surface area (TPSA) is 58.2 Å². The van der Waals surface area contributed by atoms with Crippen molar-refractivity contribution in [3.05, 3.63) is 0 Å². The molecular weight excluding hydrogens is 156 g/mol. The molecule has 0 heterocycles. The highest BCUT2D eigenvalue weighted by Crippen LogP contribution is 2.33. The molecule has 1 fully saturated rings. The van der Waals surface area contributed by atoms with Crippen molar-refractivity contribution < 1.29 is 9.59 Å². The monoisotopic (exact) mass is 170 g/mol. The molecule has 0 aromatic carbocycles. The second kappa shape index (κ2) is 3.56. The maximum Gasteiger partial charge on any atom is 0.222 e. The van der Waals surface area contributed by atoms with Crippen LogP contribution in [0.5, 0.6) is 0 Å². The van der Waals surface area contributed by atoms with Crippen molar-refractivity contribution in [2.75, 3.05) is 14.1 Å². The Labute approximate surface area is 71.7 Å². The summed E-state index contributed by atoms with van der Waals surface area (Å²) in [6.07, 6.45) is 1.39. The Kier molecular flexibility index (Phi) is 2.68. The largest absolute Gasteiger partial charge is 0.359 e. The average Bonchev–Trinajstić information content (AvgIpc) is 2.01. The predicted octanol–water partition coefficient (Wildman–Crippen LogP) is -0.495. The Morgan fingerprint density at radius 3 is 1.58 bits per heavy atom. The molecule has 0 saturated heterocycles. The SMILES string of the molecule is CNC(=O)C1CC(C(=O)NC)C1. The third kappa shape index (κ3) is 1.57. The van der Waals surface area contributed by atoms with Crippen LogP contribution in [0, 0.1) is 11.8 Å². The Morgan fingerprint density at radius 2 is 1.33 bits per heavy atom. The van der Waals surface area contributed by atoms with Crippen LogP contribution in [0.4, 0.5) is 0 Å². The molecule has 0 aromatic heterocycles. The lowest BCUT2D eigenvalue weighted by Crippen LogP contribution is -2.43. The zero-order valence-electron chi connectivity index (χ0n) is 7.39. The molecule has 0 atom stereocenters. The summed E-state index contributed by atoms with van der Waals surface area (Å²) in [5.74, 6) is 0.208. The lowest BCUT2D eigenvalue weighted by atomic mass is 9.74. The van der Waals surface area contributed by atoms with Gasteiger partial charge in [0, 0.05) is 25.9 Å². The standard InChI is InChI=1S/C8H14N2O2/c1-9-7(11)5-3-6(4-5)8(12)10-2/h5-6H,3-4H2,1-2H3,(H,9,11)(H,10,12). The molecule has 68 valence electrons. The maximum absolute atomic E-state index is 11.0. The highest BCUT2D eigenvalue weighted by molar-refractivity contribution is 5.85. The smallest absolute Gasteiger partial charge is 0.222 e. The number of rotatable bonds is 2. The van der Waals surface area contributed by atoms with Gasteiger partial charge in [0.1, 0.15) is 0 Å². The molecule has 0 unspecified atom stereocenters. The van der Waals surface area contributed by atoms with Gasteiger partial charge in [-0.3, -0.25) is 9.59 Å². The van der Waals surface area contributed by atoms with Crippen LogP contribution in [0.15, 0.2) is 0 Å². The fraction of sp³-hybridized carbons (Fsp3) is 0.750. The van der Waals surface area contributed by atoms with Crippen LogP contribution in [0.2, 0.25) is 0 Å². The first-order chi connectivity index (χ1) is 5.69. The highest BCUT2D eigenvalue weighted by atomic mass is 16.2. The van der Waals surface area contributed by atoms with Gasteiger partial charge in [-0.2, -0.15) is 0 Å². The quantitative estimate of drug-likeness (QED) is 0.587. The molecule has 4 heteroatoms. The van der Waals surface area contributed by atoms with Gasteiger partial charge in [0.25, 0.3) is 0 Å². The summed E-state index contributed by atoms with van der Waals surface area (Å²) in [5.41, 5.74) is 0. The summed E-state index contributed by atoms with van der Waals surface area (Å²) in [4.78, 5) is 22.0. The molecule has 1 aliphatic carbocycles. The van der Waals surface area contributed by atoms with E-state index >= 15 is 0 Å². The van der Waals surface area contributed by atoms with Crippen LogP contribution in [-0.2, 0) is 9.59 Å². The van der Waals surface area contributed by atoms with E-state index in [9.17, 15) is 9.59 Å². The zero-order valence-corrected chi connectivity index (χ0v) is 7.39. The Morgan fingerprint density at radius 1 is 1.00 bits per heavy atom. The van der Waals surface area contributed by atoms with E-state index in [1.54, 1.807) is 14.1 Å². The van der Waals surface area contributed by atoms with Crippen LogP contribution >= 0.6 is 0 Å². The van der Waals surface area contributed by atoms with Gasteiger partial charge in [-0.15, -0.1) is 0 Å². The lowest BCUT2D eigenvalue weighted by molar-refractivity contribution is -0.135. The van der Waals surface area contributed by atoms with Crippen LogP contribution < -0.4 is 10.6 Å². The molecule has 1 saturated carbocycles. The fourth-order valence-electron chi connectivity index (χ4n) is 1.45. The summed E-state index contributed by atoms with van der Waals surface area (Å²) in [7, 11) is 3.24. The van der Waals surface area contributed by atoms with Crippen LogP contribution in [0.25, 0.3) is 0 Å². The van der Waals surface area contributed by atoms with E-state index in [-0.39, 0.29) is 23.7 Å². The molecule has 2 amide bonds. The van der Waals surface area contributed by atoms with Crippen LogP contribution in [-0.4, -0.2) is 25.9 Å². The molecule has 12 heavy (non-hydrogen) atoms. The second-order valence-electron chi connectivity index (χ2n) is 3.09. The van der Waals surface area contributed by atoms with Gasteiger partial charge in [-0.25, -0.2) is 0 Å². The van der Waals surface area contributed by atoms with E-state index in [2.05, 4.69) is 10.6 Å². The van der Waals surface area contributed by atoms with Gasteiger partial charge in [-0.05, 0) is 12.8 Å². The van der Waals surface area contributed by atoms with Crippen LogP contribution in [0.1, 0.15) is 12.8 Å². The Balaban J connectivity index is 2.28. The van der Waals surface area contributed by atoms with E-state index < -0.39 is 0 Å². The van der Waals surface area contributed by atoms with Gasteiger partial charge in [0.15, 0.2) is 0 Å². The van der Waals surface area contributed by atoms with E-state index in [1.165, 1.54) is 0 Å². The van der Waals surface area contributed by atoms with Crippen LogP contribution in [0.3, 0.4) is 0 Å². The van der Waals surface area contributed by atoms with Gasteiger partial charge in [0.2, 0.25) is 11.8 Å². The predicted molar refractivity (Wildman–Crippen MR) is 44.3 cm³/mol. The van der Waals surface area contributed by atoms with Crippen molar-refractivity contribution in [3.63, 3.8) is 0 Å². The number of hydrogen-bond acceptors (Lipinski definition) is 2. The normalized spacial score (nSPS) is 27.2. The summed E-state index contributed by atoms with van der Waals surface area (Å²) in [6, 6.07) is 0. The third-order valence-corrected chi connectivity index (χ3v) is 2.37. The van der Waals surface area contributed by atoms with Crippen molar-refractivity contribution in [3.8, 4) is 0 Å². The molecule has 0 aliphatic heterocycles.